The number of benzene rings is 1. The topological polar surface area (TPSA) is 107 Å². The molecule has 0 spiro atoms. The fourth-order valence-electron chi connectivity index (χ4n) is 5.36. The van der Waals surface area contributed by atoms with Gasteiger partial charge in [-0.1, -0.05) is 13.0 Å². The first-order chi connectivity index (χ1) is 16.8. The highest BCUT2D eigenvalue weighted by Crippen LogP contribution is 2.43. The maximum atomic E-state index is 15.1. The lowest BCUT2D eigenvalue weighted by molar-refractivity contribution is -0.172. The summed E-state index contributed by atoms with van der Waals surface area (Å²) in [5.41, 5.74) is 8.80. The molecule has 4 aromatic rings. The molecular weight excluding hydrogens is 469 g/mol. The van der Waals surface area contributed by atoms with Crippen LogP contribution in [0.4, 0.5) is 4.39 Å². The third kappa shape index (κ3) is 2.86. The largest absolute Gasteiger partial charge is 0.458 e. The van der Waals surface area contributed by atoms with Crippen LogP contribution in [0.3, 0.4) is 0 Å². The summed E-state index contributed by atoms with van der Waals surface area (Å²) in [6.07, 6.45) is 0.0580. The maximum Gasteiger partial charge on any atom is 0.343 e. The van der Waals surface area contributed by atoms with Crippen LogP contribution in [0, 0.1) is 12.7 Å². The van der Waals surface area contributed by atoms with E-state index in [4.69, 9.17) is 15.5 Å². The van der Waals surface area contributed by atoms with Gasteiger partial charge in [-0.05, 0) is 42.0 Å². The smallest absolute Gasteiger partial charge is 0.343 e. The fraction of sp³-hybridized carbons (Fsp3) is 0.269. The van der Waals surface area contributed by atoms with E-state index in [1.165, 1.54) is 17.4 Å². The van der Waals surface area contributed by atoms with Crippen LogP contribution in [-0.4, -0.2) is 20.6 Å². The van der Waals surface area contributed by atoms with Crippen LogP contribution in [0.2, 0.25) is 0 Å². The van der Waals surface area contributed by atoms with Crippen LogP contribution in [0.5, 0.6) is 0 Å². The van der Waals surface area contributed by atoms with Gasteiger partial charge in [-0.25, -0.2) is 14.2 Å². The predicted octanol–water partition coefficient (Wildman–Crippen LogP) is 3.71. The standard InChI is InChI=1S/C26H22FN3O4S/c1-3-26(33)16-7-19-23-14(10-30(19)24(31)15(16)11-34-25(26)32)13(9-28)22-18(29-23)8-17(27)12(2)21(22)20-5-4-6-35-20/h4-8,33H,3,9-11,28H2,1-2H3/t26-/m0/s1. The first-order valence-electron chi connectivity index (χ1n) is 11.4. The number of cyclic esters (lactones) is 1. The van der Waals surface area contributed by atoms with E-state index < -0.39 is 11.6 Å². The van der Waals surface area contributed by atoms with Gasteiger partial charge in [0.2, 0.25) is 0 Å². The van der Waals surface area contributed by atoms with E-state index in [1.54, 1.807) is 24.5 Å². The second-order valence-electron chi connectivity index (χ2n) is 8.95. The Morgan fingerprint density at radius 2 is 2.11 bits per heavy atom. The Hall–Kier alpha value is -3.40. The van der Waals surface area contributed by atoms with Gasteiger partial charge in [-0.15, -0.1) is 11.3 Å². The van der Waals surface area contributed by atoms with Crippen molar-refractivity contribution in [1.29, 1.82) is 0 Å². The van der Waals surface area contributed by atoms with Gasteiger partial charge in [-0.2, -0.15) is 0 Å². The van der Waals surface area contributed by atoms with Gasteiger partial charge in [-0.3, -0.25) is 4.79 Å². The number of aliphatic hydroxyl groups is 1. The number of nitrogens with zero attached hydrogens (tertiary/aromatic N) is 2. The molecule has 0 saturated heterocycles. The molecule has 0 fully saturated rings. The first kappa shape index (κ1) is 22.1. The SMILES string of the molecule is CC[C@@]1(O)C(=O)OCc2c1cc1n(c2=O)Cc2c-1nc1cc(F)c(C)c(-c3cccs3)c1c2CN. The quantitative estimate of drug-likeness (QED) is 0.373. The van der Waals surface area contributed by atoms with Crippen molar-refractivity contribution in [2.45, 2.75) is 45.6 Å². The number of carbonyl (C=O) groups is 1. The van der Waals surface area contributed by atoms with E-state index in [0.29, 0.717) is 22.5 Å². The van der Waals surface area contributed by atoms with Crippen molar-refractivity contribution in [2.75, 3.05) is 0 Å². The molecule has 0 unspecified atom stereocenters. The molecule has 0 bridgehead atoms. The third-order valence-corrected chi connectivity index (χ3v) is 8.15. The molecule has 5 heterocycles. The van der Waals surface area contributed by atoms with Crippen LogP contribution in [0.1, 0.15) is 41.2 Å². The lowest BCUT2D eigenvalue weighted by Crippen LogP contribution is -2.44. The average molecular weight is 492 g/mol. The van der Waals surface area contributed by atoms with Crippen molar-refractivity contribution in [2.24, 2.45) is 5.73 Å². The number of nitrogens with two attached hydrogens (primary N) is 1. The number of esters is 1. The third-order valence-electron chi connectivity index (χ3n) is 7.26. The van der Waals surface area contributed by atoms with Gasteiger partial charge >= 0.3 is 5.97 Å². The van der Waals surface area contributed by atoms with Crippen LogP contribution < -0.4 is 11.3 Å². The van der Waals surface area contributed by atoms with Gasteiger partial charge in [0.05, 0.1) is 29.0 Å². The molecule has 2 aliphatic heterocycles. The number of ether oxygens (including phenoxy) is 1. The second kappa shape index (κ2) is 7.55. The zero-order valence-electron chi connectivity index (χ0n) is 19.1. The molecule has 2 aliphatic rings. The molecule has 0 radical (unpaired) electrons. The molecule has 9 heteroatoms. The second-order valence-corrected chi connectivity index (χ2v) is 9.90. The number of carbonyl (C=O) groups excluding carboxylic acids is 1. The van der Waals surface area contributed by atoms with Crippen molar-refractivity contribution in [1.82, 2.24) is 9.55 Å². The minimum absolute atomic E-state index is 0.0580. The number of aromatic nitrogens is 2. The molecule has 1 aromatic carbocycles. The van der Waals surface area contributed by atoms with Crippen molar-refractivity contribution in [3.8, 4) is 21.8 Å². The molecule has 6 rings (SSSR count). The molecule has 1 atom stereocenters. The summed E-state index contributed by atoms with van der Waals surface area (Å²) < 4.78 is 21.8. The lowest BCUT2D eigenvalue weighted by atomic mass is 9.86. The normalized spacial score (nSPS) is 18.4. The van der Waals surface area contributed by atoms with Crippen LogP contribution in [0.15, 0.2) is 34.4 Å². The highest BCUT2D eigenvalue weighted by atomic mass is 32.1. The average Bonchev–Trinajstić information content (AvgIpc) is 3.50. The van der Waals surface area contributed by atoms with Gasteiger partial charge in [0.25, 0.3) is 5.56 Å². The van der Waals surface area contributed by atoms with E-state index in [-0.39, 0.29) is 48.6 Å². The van der Waals surface area contributed by atoms with Crippen molar-refractivity contribution >= 4 is 28.2 Å². The number of rotatable bonds is 3. The van der Waals surface area contributed by atoms with E-state index in [1.807, 2.05) is 17.5 Å². The Balaban J connectivity index is 1.69. The van der Waals surface area contributed by atoms with Crippen molar-refractivity contribution in [3.63, 3.8) is 0 Å². The van der Waals surface area contributed by atoms with E-state index in [0.717, 1.165) is 27.0 Å². The number of halogens is 1. The summed E-state index contributed by atoms with van der Waals surface area (Å²) in [7, 11) is 0. The van der Waals surface area contributed by atoms with Crippen molar-refractivity contribution < 1.29 is 19.0 Å². The minimum atomic E-state index is -1.91. The summed E-state index contributed by atoms with van der Waals surface area (Å²) in [5, 5.41) is 13.8. The fourth-order valence-corrected chi connectivity index (χ4v) is 6.19. The van der Waals surface area contributed by atoms with E-state index in [9.17, 15) is 14.7 Å². The molecular formula is C26H22FN3O4S. The number of fused-ring (bicyclic) bond motifs is 5. The minimum Gasteiger partial charge on any atom is -0.458 e. The van der Waals surface area contributed by atoms with E-state index >= 15 is 4.39 Å². The number of hydrogen-bond donors (Lipinski definition) is 2. The Morgan fingerprint density at radius 1 is 1.31 bits per heavy atom. The van der Waals surface area contributed by atoms with E-state index in [2.05, 4.69) is 0 Å². The first-order valence-corrected chi connectivity index (χ1v) is 12.2. The molecule has 0 saturated carbocycles. The monoisotopic (exact) mass is 491 g/mol. The molecule has 35 heavy (non-hydrogen) atoms. The Bertz CT molecular complexity index is 1630. The van der Waals surface area contributed by atoms with Gasteiger partial charge in [0.15, 0.2) is 5.60 Å². The number of pyridine rings is 2. The molecule has 3 N–H and O–H groups in total. The highest BCUT2D eigenvalue weighted by Gasteiger charge is 2.45. The molecule has 0 amide bonds. The van der Waals surface area contributed by atoms with Crippen LogP contribution in [-0.2, 0) is 34.8 Å². The Labute approximate surface area is 203 Å². The summed E-state index contributed by atoms with van der Waals surface area (Å²) in [5.74, 6) is -1.15. The highest BCUT2D eigenvalue weighted by molar-refractivity contribution is 7.13. The Kier molecular flexibility index (Phi) is 4.76. The van der Waals surface area contributed by atoms with Crippen LogP contribution >= 0.6 is 11.3 Å². The predicted molar refractivity (Wildman–Crippen MR) is 130 cm³/mol. The summed E-state index contributed by atoms with van der Waals surface area (Å²) in [6, 6.07) is 6.91. The zero-order chi connectivity index (χ0) is 24.6. The van der Waals surface area contributed by atoms with Crippen LogP contribution in [0.25, 0.3) is 32.7 Å². The van der Waals surface area contributed by atoms with Gasteiger partial charge < -0.3 is 20.1 Å². The number of thiophene rings is 1. The van der Waals surface area contributed by atoms with Crippen molar-refractivity contribution in [3.05, 3.63) is 73.6 Å². The molecule has 0 aliphatic carbocycles. The Morgan fingerprint density at radius 3 is 2.80 bits per heavy atom. The maximum absolute atomic E-state index is 15.1. The lowest BCUT2D eigenvalue weighted by Gasteiger charge is -2.31. The summed E-state index contributed by atoms with van der Waals surface area (Å²) in [6.45, 7) is 3.62. The molecule has 7 nitrogen and oxygen atoms in total. The molecule has 3 aromatic heterocycles. The summed E-state index contributed by atoms with van der Waals surface area (Å²) >= 11 is 1.51. The number of hydrogen-bond acceptors (Lipinski definition) is 7. The van der Waals surface area contributed by atoms with Gasteiger partial charge in [0, 0.05) is 39.6 Å². The summed E-state index contributed by atoms with van der Waals surface area (Å²) in [4.78, 5) is 31.6. The molecule has 178 valence electrons. The zero-order valence-corrected chi connectivity index (χ0v) is 20.0. The van der Waals surface area contributed by atoms with Gasteiger partial charge in [0.1, 0.15) is 12.4 Å².